The Labute approximate surface area is 154 Å². The molecule has 150 valence electrons. The SMILES string of the molecule is O=C(c1cccc(OC(F)(F)F)c1)N1CC(Oc2ncccc2C(F)(F)F)C1. The first kappa shape index (κ1) is 19.8. The fourth-order valence-corrected chi connectivity index (χ4v) is 2.55. The summed E-state index contributed by atoms with van der Waals surface area (Å²) in [6, 6.07) is 6.47. The topological polar surface area (TPSA) is 51.7 Å². The van der Waals surface area contributed by atoms with Crippen molar-refractivity contribution >= 4 is 5.91 Å². The molecule has 0 aliphatic carbocycles. The van der Waals surface area contributed by atoms with Crippen molar-refractivity contribution in [2.75, 3.05) is 13.1 Å². The molecule has 1 aromatic carbocycles. The Morgan fingerprint density at radius 1 is 1.07 bits per heavy atom. The van der Waals surface area contributed by atoms with Crippen LogP contribution in [0.5, 0.6) is 11.6 Å². The number of aromatic nitrogens is 1. The number of pyridine rings is 1. The molecule has 0 spiro atoms. The molecule has 1 fully saturated rings. The minimum Gasteiger partial charge on any atom is -0.470 e. The van der Waals surface area contributed by atoms with Gasteiger partial charge in [-0.25, -0.2) is 4.98 Å². The summed E-state index contributed by atoms with van der Waals surface area (Å²) in [4.78, 5) is 17.1. The molecule has 2 aromatic rings. The zero-order chi connectivity index (χ0) is 20.5. The maximum absolute atomic E-state index is 12.9. The Morgan fingerprint density at radius 3 is 2.43 bits per heavy atom. The van der Waals surface area contributed by atoms with Gasteiger partial charge in [0.05, 0.1) is 13.1 Å². The first-order chi connectivity index (χ1) is 13.0. The molecule has 5 nitrogen and oxygen atoms in total. The van der Waals surface area contributed by atoms with Gasteiger partial charge in [-0.3, -0.25) is 4.79 Å². The summed E-state index contributed by atoms with van der Waals surface area (Å²) in [5.41, 5.74) is -1.08. The minimum absolute atomic E-state index is 0.0307. The van der Waals surface area contributed by atoms with Crippen molar-refractivity contribution in [3.63, 3.8) is 0 Å². The molecule has 1 aliphatic heterocycles. The lowest BCUT2D eigenvalue weighted by atomic mass is 10.1. The third kappa shape index (κ3) is 4.65. The molecule has 0 N–H and O–H groups in total. The van der Waals surface area contributed by atoms with Crippen LogP contribution in [0.3, 0.4) is 0 Å². The molecule has 1 saturated heterocycles. The number of rotatable bonds is 4. The standard InChI is InChI=1S/C17H12F6N2O3/c18-16(19,20)13-5-2-6-24-14(13)27-12-8-25(9-12)15(26)10-3-1-4-11(7-10)28-17(21,22)23/h1-7,12H,8-9H2. The van der Waals surface area contributed by atoms with Crippen molar-refractivity contribution < 1.29 is 40.6 Å². The highest BCUT2D eigenvalue weighted by atomic mass is 19.4. The second kappa shape index (κ2) is 7.21. The van der Waals surface area contributed by atoms with E-state index in [-0.39, 0.29) is 18.7 Å². The summed E-state index contributed by atoms with van der Waals surface area (Å²) in [6.45, 7) is -0.0614. The number of alkyl halides is 6. The highest BCUT2D eigenvalue weighted by molar-refractivity contribution is 5.95. The van der Waals surface area contributed by atoms with E-state index < -0.39 is 41.7 Å². The molecule has 28 heavy (non-hydrogen) atoms. The van der Waals surface area contributed by atoms with Crippen LogP contribution >= 0.6 is 0 Å². The number of hydrogen-bond acceptors (Lipinski definition) is 4. The van der Waals surface area contributed by atoms with Crippen LogP contribution in [0.15, 0.2) is 42.6 Å². The van der Waals surface area contributed by atoms with Gasteiger partial charge in [-0.1, -0.05) is 6.07 Å². The average molecular weight is 406 g/mol. The zero-order valence-corrected chi connectivity index (χ0v) is 13.9. The summed E-state index contributed by atoms with van der Waals surface area (Å²) in [7, 11) is 0. The van der Waals surface area contributed by atoms with E-state index in [0.29, 0.717) is 0 Å². The number of halogens is 6. The second-order valence-corrected chi connectivity index (χ2v) is 5.88. The van der Waals surface area contributed by atoms with E-state index >= 15 is 0 Å². The van der Waals surface area contributed by atoms with Gasteiger partial charge in [-0.15, -0.1) is 13.2 Å². The van der Waals surface area contributed by atoms with Crippen LogP contribution in [-0.4, -0.2) is 41.3 Å². The highest BCUT2D eigenvalue weighted by Crippen LogP contribution is 2.35. The summed E-state index contributed by atoms with van der Waals surface area (Å²) in [6.07, 6.45) is -9.09. The normalized spacial score (nSPS) is 15.1. The fourth-order valence-electron chi connectivity index (χ4n) is 2.55. The monoisotopic (exact) mass is 406 g/mol. The molecule has 1 aromatic heterocycles. The predicted octanol–water partition coefficient (Wildman–Crippen LogP) is 3.90. The Kier molecular flexibility index (Phi) is 5.09. The molecule has 11 heteroatoms. The van der Waals surface area contributed by atoms with E-state index in [0.717, 1.165) is 30.5 Å². The van der Waals surface area contributed by atoms with Gasteiger partial charge in [0.1, 0.15) is 17.4 Å². The molecule has 0 unspecified atom stereocenters. The largest absolute Gasteiger partial charge is 0.573 e. The van der Waals surface area contributed by atoms with Gasteiger partial charge in [0, 0.05) is 11.8 Å². The molecule has 0 radical (unpaired) electrons. The average Bonchev–Trinajstić information content (AvgIpc) is 2.55. The fraction of sp³-hybridized carbons (Fsp3) is 0.294. The Bertz CT molecular complexity index is 862. The zero-order valence-electron chi connectivity index (χ0n) is 13.9. The maximum atomic E-state index is 12.9. The van der Waals surface area contributed by atoms with Crippen LogP contribution in [0.1, 0.15) is 15.9 Å². The quantitative estimate of drug-likeness (QED) is 0.723. The van der Waals surface area contributed by atoms with Gasteiger partial charge in [0.2, 0.25) is 5.88 Å². The number of nitrogens with zero attached hydrogens (tertiary/aromatic N) is 2. The smallest absolute Gasteiger partial charge is 0.470 e. The molecule has 2 heterocycles. The van der Waals surface area contributed by atoms with Crippen LogP contribution in [0.2, 0.25) is 0 Å². The van der Waals surface area contributed by atoms with Gasteiger partial charge in [-0.2, -0.15) is 13.2 Å². The highest BCUT2D eigenvalue weighted by Gasteiger charge is 2.39. The van der Waals surface area contributed by atoms with Crippen molar-refractivity contribution in [3.8, 4) is 11.6 Å². The van der Waals surface area contributed by atoms with E-state index in [2.05, 4.69) is 9.72 Å². The lowest BCUT2D eigenvalue weighted by Crippen LogP contribution is -2.56. The number of carbonyl (C=O) groups is 1. The van der Waals surface area contributed by atoms with Crippen LogP contribution in [0.4, 0.5) is 26.3 Å². The first-order valence-electron chi connectivity index (χ1n) is 7.87. The number of carbonyl (C=O) groups excluding carboxylic acids is 1. The van der Waals surface area contributed by atoms with E-state index in [1.807, 2.05) is 0 Å². The summed E-state index contributed by atoms with van der Waals surface area (Å²) in [5, 5.41) is 0. The number of ether oxygens (including phenoxy) is 2. The lowest BCUT2D eigenvalue weighted by molar-refractivity contribution is -0.274. The third-order valence-electron chi connectivity index (χ3n) is 3.80. The van der Waals surface area contributed by atoms with Gasteiger partial charge in [0.25, 0.3) is 5.91 Å². The first-order valence-corrected chi connectivity index (χ1v) is 7.87. The Hall–Kier alpha value is -2.98. The second-order valence-electron chi connectivity index (χ2n) is 5.88. The van der Waals surface area contributed by atoms with Crippen LogP contribution in [0.25, 0.3) is 0 Å². The number of benzene rings is 1. The minimum atomic E-state index is -4.89. The van der Waals surface area contributed by atoms with Crippen molar-refractivity contribution in [2.24, 2.45) is 0 Å². The summed E-state index contributed by atoms with van der Waals surface area (Å²) in [5.74, 6) is -1.73. The van der Waals surface area contributed by atoms with Crippen LogP contribution < -0.4 is 9.47 Å². The van der Waals surface area contributed by atoms with Gasteiger partial charge >= 0.3 is 12.5 Å². The Morgan fingerprint density at radius 2 is 1.79 bits per heavy atom. The van der Waals surface area contributed by atoms with Gasteiger partial charge < -0.3 is 14.4 Å². The maximum Gasteiger partial charge on any atom is 0.573 e. The summed E-state index contributed by atoms with van der Waals surface area (Å²) >= 11 is 0. The molecule has 0 saturated carbocycles. The third-order valence-corrected chi connectivity index (χ3v) is 3.80. The van der Waals surface area contributed by atoms with Crippen molar-refractivity contribution in [1.82, 2.24) is 9.88 Å². The van der Waals surface area contributed by atoms with E-state index in [4.69, 9.17) is 4.74 Å². The van der Waals surface area contributed by atoms with Crippen molar-refractivity contribution in [1.29, 1.82) is 0 Å². The number of likely N-dealkylation sites (tertiary alicyclic amines) is 1. The van der Waals surface area contributed by atoms with E-state index in [9.17, 15) is 31.1 Å². The predicted molar refractivity (Wildman–Crippen MR) is 82.7 cm³/mol. The van der Waals surface area contributed by atoms with Gasteiger partial charge in [0.15, 0.2) is 0 Å². The van der Waals surface area contributed by atoms with Crippen LogP contribution in [-0.2, 0) is 6.18 Å². The lowest BCUT2D eigenvalue weighted by Gasteiger charge is -2.39. The number of hydrogen-bond donors (Lipinski definition) is 0. The van der Waals surface area contributed by atoms with E-state index in [1.54, 1.807) is 0 Å². The summed E-state index contributed by atoms with van der Waals surface area (Å²) < 4.78 is 84.5. The molecular formula is C17H12F6N2O3. The van der Waals surface area contributed by atoms with Crippen molar-refractivity contribution in [3.05, 3.63) is 53.7 Å². The van der Waals surface area contributed by atoms with E-state index in [1.165, 1.54) is 17.0 Å². The Balaban J connectivity index is 1.62. The molecule has 0 atom stereocenters. The number of amides is 1. The molecule has 3 rings (SSSR count). The van der Waals surface area contributed by atoms with Crippen LogP contribution in [0, 0.1) is 0 Å². The molecular weight excluding hydrogens is 394 g/mol. The van der Waals surface area contributed by atoms with Gasteiger partial charge in [-0.05, 0) is 30.3 Å². The van der Waals surface area contributed by atoms with Crippen molar-refractivity contribution in [2.45, 2.75) is 18.6 Å². The molecule has 1 amide bonds. The molecule has 1 aliphatic rings. The molecule has 0 bridgehead atoms.